The molecule has 1 aliphatic rings. The Hall–Kier alpha value is -0.970. The highest BCUT2D eigenvalue weighted by molar-refractivity contribution is 5.77. The molecule has 0 aromatic rings. The van der Waals surface area contributed by atoms with Crippen LogP contribution in [0, 0.1) is 0 Å². The van der Waals surface area contributed by atoms with Crippen molar-refractivity contribution in [2.75, 3.05) is 26.7 Å². The van der Waals surface area contributed by atoms with E-state index in [1.807, 2.05) is 4.90 Å². The Balaban J connectivity index is 2.56. The fourth-order valence-corrected chi connectivity index (χ4v) is 1.54. The summed E-state index contributed by atoms with van der Waals surface area (Å²) in [6, 6.07) is 0.319. The molecule has 3 N–H and O–H groups in total. The lowest BCUT2D eigenvalue weighted by Crippen LogP contribution is -2.54. The molecule has 5 heteroatoms. The van der Waals surface area contributed by atoms with E-state index in [4.69, 9.17) is 10.9 Å². The summed E-state index contributed by atoms with van der Waals surface area (Å²) in [5.74, 6) is 0.218. The first kappa shape index (κ1) is 9.12. The lowest BCUT2D eigenvalue weighted by Gasteiger charge is -2.38. The van der Waals surface area contributed by atoms with Crippen LogP contribution in [0.5, 0.6) is 0 Å². The highest BCUT2D eigenvalue weighted by Gasteiger charge is 2.22. The standard InChI is InChI=1S/C7H16N4O/c1-6-5-10(2)3-4-11(6)7(8)9-12/h6,12H,3-5H2,1-2H3,(H2,8,9). The molecule has 70 valence electrons. The zero-order valence-electron chi connectivity index (χ0n) is 7.56. The minimum absolute atomic E-state index is 0.218. The van der Waals surface area contributed by atoms with Crippen LogP contribution in [0.15, 0.2) is 5.16 Å². The van der Waals surface area contributed by atoms with Gasteiger partial charge in [-0.2, -0.15) is 0 Å². The molecule has 1 saturated heterocycles. The highest BCUT2D eigenvalue weighted by Crippen LogP contribution is 2.06. The van der Waals surface area contributed by atoms with Crippen molar-refractivity contribution in [1.82, 2.24) is 9.80 Å². The van der Waals surface area contributed by atoms with E-state index in [-0.39, 0.29) is 5.96 Å². The monoisotopic (exact) mass is 172 g/mol. The molecule has 1 aliphatic heterocycles. The van der Waals surface area contributed by atoms with Crippen molar-refractivity contribution >= 4 is 5.96 Å². The Kier molecular flexibility index (Phi) is 2.75. The lowest BCUT2D eigenvalue weighted by atomic mass is 10.2. The molecule has 0 aromatic heterocycles. The fraction of sp³-hybridized carbons (Fsp3) is 0.857. The second kappa shape index (κ2) is 3.62. The molecule has 0 aromatic carbocycles. The van der Waals surface area contributed by atoms with Crippen molar-refractivity contribution in [3.8, 4) is 0 Å². The molecule has 0 bridgehead atoms. The summed E-state index contributed by atoms with van der Waals surface area (Å²) in [4.78, 5) is 4.13. The minimum Gasteiger partial charge on any atom is -0.408 e. The van der Waals surface area contributed by atoms with Crippen molar-refractivity contribution in [3.63, 3.8) is 0 Å². The van der Waals surface area contributed by atoms with Gasteiger partial charge in [0.1, 0.15) is 0 Å². The molecule has 0 saturated carbocycles. The largest absolute Gasteiger partial charge is 0.408 e. The van der Waals surface area contributed by atoms with Gasteiger partial charge in [0.05, 0.1) is 0 Å². The number of hydrogen-bond donors (Lipinski definition) is 2. The molecular formula is C7H16N4O. The number of piperazine rings is 1. The van der Waals surface area contributed by atoms with Crippen LogP contribution in [0.3, 0.4) is 0 Å². The highest BCUT2D eigenvalue weighted by atomic mass is 16.4. The predicted octanol–water partition coefficient (Wildman–Crippen LogP) is -0.674. The quantitative estimate of drug-likeness (QED) is 0.220. The fourth-order valence-electron chi connectivity index (χ4n) is 1.54. The molecule has 5 nitrogen and oxygen atoms in total. The second-order valence-electron chi connectivity index (χ2n) is 3.26. The molecule has 1 fully saturated rings. The smallest absolute Gasteiger partial charge is 0.233 e. The van der Waals surface area contributed by atoms with Crippen LogP contribution in [0.4, 0.5) is 0 Å². The third-order valence-corrected chi connectivity index (χ3v) is 2.23. The van der Waals surface area contributed by atoms with Gasteiger partial charge in [-0.3, -0.25) is 0 Å². The molecular weight excluding hydrogens is 156 g/mol. The Morgan fingerprint density at radius 1 is 1.58 bits per heavy atom. The van der Waals surface area contributed by atoms with Crippen molar-refractivity contribution in [2.45, 2.75) is 13.0 Å². The van der Waals surface area contributed by atoms with E-state index in [0.29, 0.717) is 6.04 Å². The zero-order valence-corrected chi connectivity index (χ0v) is 7.56. The molecule has 1 atom stereocenters. The number of nitrogens with two attached hydrogens (primary N) is 1. The number of likely N-dealkylation sites (N-methyl/N-ethyl adjacent to an activating group) is 1. The van der Waals surface area contributed by atoms with Gasteiger partial charge in [0, 0.05) is 25.7 Å². The zero-order chi connectivity index (χ0) is 9.14. The normalized spacial score (nSPS) is 27.7. The van der Waals surface area contributed by atoms with E-state index in [1.165, 1.54) is 0 Å². The maximum Gasteiger partial charge on any atom is 0.233 e. The molecule has 0 aliphatic carbocycles. The lowest BCUT2D eigenvalue weighted by molar-refractivity contribution is 0.154. The summed E-state index contributed by atoms with van der Waals surface area (Å²) >= 11 is 0. The summed E-state index contributed by atoms with van der Waals surface area (Å²) < 4.78 is 0. The number of guanidine groups is 1. The van der Waals surface area contributed by atoms with Crippen molar-refractivity contribution in [2.24, 2.45) is 10.9 Å². The van der Waals surface area contributed by atoms with Gasteiger partial charge in [-0.1, -0.05) is 5.16 Å². The van der Waals surface area contributed by atoms with E-state index in [2.05, 4.69) is 24.0 Å². The van der Waals surface area contributed by atoms with Gasteiger partial charge >= 0.3 is 0 Å². The maximum absolute atomic E-state index is 8.48. The summed E-state index contributed by atoms with van der Waals surface area (Å²) in [5.41, 5.74) is 5.49. The third kappa shape index (κ3) is 1.79. The summed E-state index contributed by atoms with van der Waals surface area (Å²) in [6.45, 7) is 4.80. The Morgan fingerprint density at radius 2 is 2.25 bits per heavy atom. The van der Waals surface area contributed by atoms with Crippen molar-refractivity contribution in [1.29, 1.82) is 0 Å². The number of oxime groups is 1. The maximum atomic E-state index is 8.48. The summed E-state index contributed by atoms with van der Waals surface area (Å²) in [5, 5.41) is 11.5. The van der Waals surface area contributed by atoms with Crippen LogP contribution in [0.25, 0.3) is 0 Å². The van der Waals surface area contributed by atoms with Gasteiger partial charge in [-0.15, -0.1) is 0 Å². The molecule has 0 spiro atoms. The Morgan fingerprint density at radius 3 is 2.75 bits per heavy atom. The average molecular weight is 172 g/mol. The minimum atomic E-state index is 0.218. The predicted molar refractivity (Wildman–Crippen MR) is 47.1 cm³/mol. The summed E-state index contributed by atoms with van der Waals surface area (Å²) in [6.07, 6.45) is 0. The van der Waals surface area contributed by atoms with E-state index in [1.54, 1.807) is 0 Å². The third-order valence-electron chi connectivity index (χ3n) is 2.23. The van der Waals surface area contributed by atoms with Crippen LogP contribution in [0.2, 0.25) is 0 Å². The molecule has 0 radical (unpaired) electrons. The molecule has 1 rings (SSSR count). The summed E-state index contributed by atoms with van der Waals surface area (Å²) in [7, 11) is 2.07. The first-order valence-electron chi connectivity index (χ1n) is 4.08. The Labute approximate surface area is 72.4 Å². The average Bonchev–Trinajstić information content (AvgIpc) is 2.03. The molecule has 12 heavy (non-hydrogen) atoms. The Bertz CT molecular complexity index is 182. The molecule has 1 unspecified atom stereocenters. The van der Waals surface area contributed by atoms with Crippen LogP contribution in [0.1, 0.15) is 6.92 Å². The van der Waals surface area contributed by atoms with Crippen molar-refractivity contribution in [3.05, 3.63) is 0 Å². The first-order chi connectivity index (χ1) is 5.65. The SMILES string of the molecule is CC1CN(C)CCN1C(N)=NO. The van der Waals surface area contributed by atoms with Gasteiger partial charge in [0.2, 0.25) is 5.96 Å². The van der Waals surface area contributed by atoms with Gasteiger partial charge in [-0.25, -0.2) is 0 Å². The van der Waals surface area contributed by atoms with Crippen LogP contribution in [-0.2, 0) is 0 Å². The molecule has 0 amide bonds. The van der Waals surface area contributed by atoms with E-state index < -0.39 is 0 Å². The van der Waals surface area contributed by atoms with Crippen LogP contribution < -0.4 is 5.73 Å². The number of rotatable bonds is 0. The van der Waals surface area contributed by atoms with Crippen molar-refractivity contribution < 1.29 is 5.21 Å². The van der Waals surface area contributed by atoms with Gasteiger partial charge < -0.3 is 20.7 Å². The number of hydrogen-bond acceptors (Lipinski definition) is 3. The van der Waals surface area contributed by atoms with Crippen LogP contribution >= 0.6 is 0 Å². The van der Waals surface area contributed by atoms with Crippen LogP contribution in [-0.4, -0.2) is 53.7 Å². The topological polar surface area (TPSA) is 65.1 Å². The van der Waals surface area contributed by atoms with Gasteiger partial charge in [-0.05, 0) is 14.0 Å². The molecule has 1 heterocycles. The van der Waals surface area contributed by atoms with E-state index >= 15 is 0 Å². The van der Waals surface area contributed by atoms with E-state index in [9.17, 15) is 0 Å². The number of nitrogens with zero attached hydrogens (tertiary/aromatic N) is 3. The second-order valence-corrected chi connectivity index (χ2v) is 3.26. The van der Waals surface area contributed by atoms with Gasteiger partial charge in [0.15, 0.2) is 0 Å². The van der Waals surface area contributed by atoms with Gasteiger partial charge in [0.25, 0.3) is 0 Å². The van der Waals surface area contributed by atoms with E-state index in [0.717, 1.165) is 19.6 Å². The first-order valence-corrected chi connectivity index (χ1v) is 4.08.